The molecule has 0 heterocycles. The fraction of sp³-hybridized carbons (Fsp3) is 0.600. The van der Waals surface area contributed by atoms with E-state index in [1.165, 1.54) is 19.3 Å². The van der Waals surface area contributed by atoms with Gasteiger partial charge in [-0.3, -0.25) is 14.1 Å². The third-order valence-electron chi connectivity index (χ3n) is 6.33. The molecule has 3 N–H and O–H groups in total. The van der Waals surface area contributed by atoms with Gasteiger partial charge in [-0.1, -0.05) is 125 Å². The molecule has 45 heavy (non-hydrogen) atoms. The van der Waals surface area contributed by atoms with Gasteiger partial charge in [0.15, 0.2) is 6.10 Å². The number of hydrogen-bond acceptors (Lipinski definition) is 7. The molecule has 10 heteroatoms. The molecule has 256 valence electrons. The van der Waals surface area contributed by atoms with Gasteiger partial charge in [-0.15, -0.1) is 0 Å². The van der Waals surface area contributed by atoms with Crippen LogP contribution in [0.3, 0.4) is 0 Å². The fourth-order valence-electron chi connectivity index (χ4n) is 3.89. The molecule has 9 nitrogen and oxygen atoms in total. The lowest BCUT2D eigenvalue weighted by atomic mass is 10.1. The zero-order valence-corrected chi connectivity index (χ0v) is 28.2. The van der Waals surface area contributed by atoms with Crippen molar-refractivity contribution < 1.29 is 43.0 Å². The highest BCUT2D eigenvalue weighted by molar-refractivity contribution is 7.46. The Labute approximate surface area is 271 Å². The minimum Gasteiger partial charge on any atom is -0.462 e. The molecule has 0 aromatic rings. The van der Waals surface area contributed by atoms with Gasteiger partial charge in [0, 0.05) is 12.8 Å². The summed E-state index contributed by atoms with van der Waals surface area (Å²) in [5, 5.41) is 9.78. The number of rotatable bonds is 28. The number of esters is 2. The summed E-state index contributed by atoms with van der Waals surface area (Å²) in [7, 11) is -4.77. The molecule has 0 amide bonds. The van der Waals surface area contributed by atoms with E-state index >= 15 is 0 Å². The van der Waals surface area contributed by atoms with Crippen LogP contribution in [0.25, 0.3) is 0 Å². The highest BCUT2D eigenvalue weighted by atomic mass is 31.2. The molecule has 0 radical (unpaired) electrons. The van der Waals surface area contributed by atoms with Gasteiger partial charge in [-0.25, -0.2) is 4.57 Å². The van der Waals surface area contributed by atoms with Crippen LogP contribution in [0.15, 0.2) is 72.9 Å². The van der Waals surface area contributed by atoms with Gasteiger partial charge < -0.3 is 24.4 Å². The maximum atomic E-state index is 12.2. The van der Waals surface area contributed by atoms with Crippen molar-refractivity contribution in [3.63, 3.8) is 0 Å². The number of hydrogen-bond donors (Lipinski definition) is 3. The summed E-state index contributed by atoms with van der Waals surface area (Å²) in [5.74, 6) is -1.02. The summed E-state index contributed by atoms with van der Waals surface area (Å²) in [4.78, 5) is 42.3. The summed E-state index contributed by atoms with van der Waals surface area (Å²) in [6.07, 6.45) is 34.2. The van der Waals surface area contributed by atoms with Gasteiger partial charge >= 0.3 is 19.8 Å². The zero-order chi connectivity index (χ0) is 33.4. The minimum absolute atomic E-state index is 0.0684. The number of ether oxygens (including phenoxy) is 2. The Morgan fingerprint density at radius 2 is 1.33 bits per heavy atom. The molecule has 2 atom stereocenters. The van der Waals surface area contributed by atoms with E-state index < -0.39 is 38.6 Å². The minimum atomic E-state index is -4.77. The Morgan fingerprint density at radius 3 is 1.98 bits per heavy atom. The average molecular weight is 653 g/mol. The number of phosphoric ester groups is 1. The highest BCUT2D eigenvalue weighted by Gasteiger charge is 2.22. The maximum Gasteiger partial charge on any atom is 0.469 e. The predicted molar refractivity (Wildman–Crippen MR) is 180 cm³/mol. The Morgan fingerprint density at radius 1 is 0.711 bits per heavy atom. The highest BCUT2D eigenvalue weighted by Crippen LogP contribution is 2.35. The second-order valence-electron chi connectivity index (χ2n) is 10.6. The van der Waals surface area contributed by atoms with Gasteiger partial charge in [0.2, 0.25) is 0 Å². The van der Waals surface area contributed by atoms with Gasteiger partial charge in [0.1, 0.15) is 6.61 Å². The number of aliphatic hydroxyl groups excluding tert-OH is 1. The van der Waals surface area contributed by atoms with E-state index in [9.17, 15) is 19.3 Å². The van der Waals surface area contributed by atoms with Crippen LogP contribution in [0.4, 0.5) is 0 Å². The van der Waals surface area contributed by atoms with Crippen LogP contribution in [-0.2, 0) is 28.2 Å². The molecule has 0 spiro atoms. The van der Waals surface area contributed by atoms with Crippen LogP contribution in [0.5, 0.6) is 0 Å². The van der Waals surface area contributed by atoms with Crippen LogP contribution in [0.2, 0.25) is 0 Å². The lowest BCUT2D eigenvalue weighted by molar-refractivity contribution is -0.161. The van der Waals surface area contributed by atoms with Crippen molar-refractivity contribution in [2.45, 2.75) is 122 Å². The van der Waals surface area contributed by atoms with E-state index in [1.807, 2.05) is 48.6 Å². The Kier molecular flexibility index (Phi) is 28.4. The van der Waals surface area contributed by atoms with Crippen molar-refractivity contribution in [2.24, 2.45) is 0 Å². The summed E-state index contributed by atoms with van der Waals surface area (Å²) in [5.41, 5.74) is 0. The number of carbonyl (C=O) groups is 2. The van der Waals surface area contributed by atoms with Crippen molar-refractivity contribution in [1.29, 1.82) is 0 Å². The van der Waals surface area contributed by atoms with Crippen LogP contribution in [-0.4, -0.2) is 52.3 Å². The lowest BCUT2D eigenvalue weighted by Gasteiger charge is -2.18. The lowest BCUT2D eigenvalue weighted by Crippen LogP contribution is -2.29. The summed E-state index contributed by atoms with van der Waals surface area (Å²) in [6.45, 7) is 3.32. The second-order valence-corrected chi connectivity index (χ2v) is 11.8. The van der Waals surface area contributed by atoms with Gasteiger partial charge in [-0.05, 0) is 44.9 Å². The Bertz CT molecular complexity index is 976. The van der Waals surface area contributed by atoms with Crippen LogP contribution in [0.1, 0.15) is 110 Å². The molecule has 0 aliphatic heterocycles. The van der Waals surface area contributed by atoms with E-state index in [0.717, 1.165) is 44.9 Å². The van der Waals surface area contributed by atoms with Gasteiger partial charge in [0.05, 0.1) is 12.7 Å². The number of aliphatic hydroxyl groups is 1. The molecule has 0 aromatic carbocycles. The largest absolute Gasteiger partial charge is 0.469 e. The topological polar surface area (TPSA) is 140 Å². The summed E-state index contributed by atoms with van der Waals surface area (Å²) in [6, 6.07) is 0. The van der Waals surface area contributed by atoms with E-state index in [2.05, 4.69) is 36.6 Å². The Hall–Kier alpha value is -2.55. The van der Waals surface area contributed by atoms with E-state index in [4.69, 9.17) is 19.3 Å². The van der Waals surface area contributed by atoms with E-state index in [0.29, 0.717) is 19.3 Å². The monoisotopic (exact) mass is 652 g/mol. The first-order valence-corrected chi connectivity index (χ1v) is 17.9. The second kappa shape index (κ2) is 30.1. The van der Waals surface area contributed by atoms with E-state index in [-0.39, 0.29) is 19.4 Å². The molecule has 0 aliphatic carbocycles. The normalized spacial score (nSPS) is 14.2. The fourth-order valence-corrected chi connectivity index (χ4v) is 4.25. The smallest absolute Gasteiger partial charge is 0.462 e. The molecular weight excluding hydrogens is 595 g/mol. The van der Waals surface area contributed by atoms with Crippen LogP contribution < -0.4 is 0 Å². The van der Waals surface area contributed by atoms with Crippen LogP contribution >= 0.6 is 7.82 Å². The third-order valence-corrected chi connectivity index (χ3v) is 6.82. The first-order chi connectivity index (χ1) is 21.7. The number of carbonyl (C=O) groups excluding carboxylic acids is 2. The first kappa shape index (κ1) is 42.5. The molecule has 0 saturated heterocycles. The van der Waals surface area contributed by atoms with Gasteiger partial charge in [-0.2, -0.15) is 0 Å². The van der Waals surface area contributed by atoms with Crippen molar-refractivity contribution in [2.75, 3.05) is 13.2 Å². The van der Waals surface area contributed by atoms with Crippen molar-refractivity contribution in [3.8, 4) is 0 Å². The van der Waals surface area contributed by atoms with Gasteiger partial charge in [0.25, 0.3) is 0 Å². The molecule has 0 rings (SSSR count). The van der Waals surface area contributed by atoms with Crippen LogP contribution in [0, 0.1) is 0 Å². The average Bonchev–Trinajstić information content (AvgIpc) is 2.99. The molecule has 0 fully saturated rings. The Balaban J connectivity index is 4.22. The van der Waals surface area contributed by atoms with Crippen molar-refractivity contribution >= 4 is 19.8 Å². The third kappa shape index (κ3) is 32.6. The number of unbranched alkanes of at least 4 members (excludes halogenated alkanes) is 6. The molecular formula is C35H57O9P. The zero-order valence-electron chi connectivity index (χ0n) is 27.3. The maximum absolute atomic E-state index is 12.2. The SMILES string of the molecule is CC/C=C\CC(O)/C=C/C=C/C/C=C\C/C=C\C/C=C\CCC(=O)O[C@H](COC(=O)CCCCCCCCC)COP(=O)(O)O. The van der Waals surface area contributed by atoms with Crippen molar-refractivity contribution in [3.05, 3.63) is 72.9 Å². The number of phosphoric acid groups is 1. The quantitative estimate of drug-likeness (QED) is 0.0251. The molecule has 0 aliphatic rings. The summed E-state index contributed by atoms with van der Waals surface area (Å²) < 4.78 is 26.0. The molecule has 0 aromatic heterocycles. The molecule has 1 unspecified atom stereocenters. The summed E-state index contributed by atoms with van der Waals surface area (Å²) >= 11 is 0. The van der Waals surface area contributed by atoms with E-state index in [1.54, 1.807) is 6.08 Å². The standard InChI is InChI=1S/C35H57O9P/c1-3-5-7-8-16-20-24-28-34(37)42-30-33(31-43-45(39,40)41)44-35(38)29-25-21-18-15-13-11-9-10-12-14-17-19-23-27-32(36)26-22-6-4-2/h6,10-13,17-19,21-23,27,32-33,36H,3-5,7-9,14-16,20,24-26,28-31H2,1-2H3,(H2,39,40,41)/b12-10-,13-11-,19-17+,21-18-,22-6-,27-23+/t32?,33-/m1/s1. The molecule has 0 bridgehead atoms. The first-order valence-electron chi connectivity index (χ1n) is 16.3. The van der Waals surface area contributed by atoms with Crippen molar-refractivity contribution in [1.82, 2.24) is 0 Å². The molecule has 0 saturated carbocycles. The predicted octanol–water partition coefficient (Wildman–Crippen LogP) is 8.14. The number of allylic oxidation sites excluding steroid dienone is 10.